The van der Waals surface area contributed by atoms with Gasteiger partial charge in [-0.3, -0.25) is 0 Å². The van der Waals surface area contributed by atoms with Crippen LogP contribution in [0.3, 0.4) is 0 Å². The van der Waals surface area contributed by atoms with E-state index in [0.29, 0.717) is 5.88 Å². The molecular weight excluding hydrogens is 262 g/mol. The first-order valence-corrected chi connectivity index (χ1v) is 8.03. The molecule has 3 unspecified atom stereocenters. The number of nitrogens with zero attached hydrogens (tertiary/aromatic N) is 2. The molecule has 1 aliphatic rings. The number of hydrogen-bond donors (Lipinski definition) is 1. The molecule has 0 bridgehead atoms. The number of nitrogens with one attached hydrogen (secondary N) is 1. The quantitative estimate of drug-likeness (QED) is 0.913. The Balaban J connectivity index is 2.16. The number of aromatic nitrogens is 2. The molecule has 0 aromatic carbocycles. The van der Waals surface area contributed by atoms with Crippen molar-refractivity contribution in [2.45, 2.75) is 65.4 Å². The van der Waals surface area contributed by atoms with E-state index in [0.717, 1.165) is 36.3 Å². The lowest BCUT2D eigenvalue weighted by Gasteiger charge is -2.32. The molecule has 0 amide bonds. The zero-order valence-electron chi connectivity index (χ0n) is 14.2. The number of hydrogen-bond acceptors (Lipinski definition) is 4. The second-order valence-electron chi connectivity index (χ2n) is 7.42. The third-order valence-electron chi connectivity index (χ3n) is 4.47. The maximum absolute atomic E-state index is 6.16. The highest BCUT2D eigenvalue weighted by molar-refractivity contribution is 5.38. The van der Waals surface area contributed by atoms with Crippen LogP contribution in [0.4, 0.5) is 5.82 Å². The summed E-state index contributed by atoms with van der Waals surface area (Å²) < 4.78 is 6.16. The van der Waals surface area contributed by atoms with Crippen molar-refractivity contribution >= 4 is 5.82 Å². The summed E-state index contributed by atoms with van der Waals surface area (Å²) >= 11 is 0. The summed E-state index contributed by atoms with van der Waals surface area (Å²) in [4.78, 5) is 9.16. The molecular formula is C17H29N3O. The number of ether oxygens (including phenoxy) is 1. The van der Waals surface area contributed by atoms with E-state index in [1.165, 1.54) is 6.42 Å². The molecule has 1 aromatic rings. The zero-order valence-corrected chi connectivity index (χ0v) is 14.2. The Morgan fingerprint density at radius 3 is 2.43 bits per heavy atom. The second kappa shape index (κ2) is 6.20. The van der Waals surface area contributed by atoms with Crippen LogP contribution in [-0.4, -0.2) is 23.1 Å². The van der Waals surface area contributed by atoms with Crippen LogP contribution in [0.15, 0.2) is 6.07 Å². The van der Waals surface area contributed by atoms with Crippen molar-refractivity contribution in [1.29, 1.82) is 0 Å². The lowest BCUT2D eigenvalue weighted by molar-refractivity contribution is 0.0959. The van der Waals surface area contributed by atoms with Gasteiger partial charge in [0.15, 0.2) is 0 Å². The van der Waals surface area contributed by atoms with Crippen LogP contribution in [0.2, 0.25) is 0 Å². The highest BCUT2D eigenvalue weighted by atomic mass is 16.5. The summed E-state index contributed by atoms with van der Waals surface area (Å²) in [5.41, 5.74) is -0.0840. The maximum atomic E-state index is 6.16. The molecule has 4 nitrogen and oxygen atoms in total. The standard InChI is InChI=1S/C17H29N3O/c1-11-7-8-13(9-12(11)2)21-15-10-14(18-6)19-16(20-15)17(3,4)5/h10-13H,7-9H2,1-6H3,(H,18,19,20). The van der Waals surface area contributed by atoms with Gasteiger partial charge in [-0.25, -0.2) is 4.98 Å². The van der Waals surface area contributed by atoms with Crippen LogP contribution in [0.25, 0.3) is 0 Å². The molecule has 0 saturated heterocycles. The predicted molar refractivity (Wildman–Crippen MR) is 86.9 cm³/mol. The van der Waals surface area contributed by atoms with Gasteiger partial charge in [0.05, 0.1) is 0 Å². The Morgan fingerprint density at radius 2 is 1.86 bits per heavy atom. The van der Waals surface area contributed by atoms with Gasteiger partial charge < -0.3 is 10.1 Å². The molecule has 0 aliphatic heterocycles. The molecule has 4 heteroatoms. The van der Waals surface area contributed by atoms with Crippen molar-refractivity contribution in [3.63, 3.8) is 0 Å². The van der Waals surface area contributed by atoms with E-state index in [-0.39, 0.29) is 11.5 Å². The summed E-state index contributed by atoms with van der Waals surface area (Å²) in [6.07, 6.45) is 3.76. The maximum Gasteiger partial charge on any atom is 0.219 e. The summed E-state index contributed by atoms with van der Waals surface area (Å²) in [5, 5.41) is 3.10. The lowest BCUT2D eigenvalue weighted by Crippen LogP contribution is -2.29. The minimum absolute atomic E-state index is 0.0840. The smallest absolute Gasteiger partial charge is 0.219 e. The van der Waals surface area contributed by atoms with E-state index >= 15 is 0 Å². The highest BCUT2D eigenvalue weighted by Gasteiger charge is 2.27. The fourth-order valence-corrected chi connectivity index (χ4v) is 2.72. The fourth-order valence-electron chi connectivity index (χ4n) is 2.72. The zero-order chi connectivity index (χ0) is 15.6. The average Bonchev–Trinajstić information content (AvgIpc) is 2.41. The highest BCUT2D eigenvalue weighted by Crippen LogP contribution is 2.32. The van der Waals surface area contributed by atoms with Crippen molar-refractivity contribution < 1.29 is 4.74 Å². The van der Waals surface area contributed by atoms with Gasteiger partial charge in [-0.05, 0) is 31.1 Å². The Bertz CT molecular complexity index is 481. The molecule has 1 saturated carbocycles. The van der Waals surface area contributed by atoms with Gasteiger partial charge >= 0.3 is 0 Å². The van der Waals surface area contributed by atoms with E-state index in [2.05, 4.69) is 49.9 Å². The summed E-state index contributed by atoms with van der Waals surface area (Å²) in [6.45, 7) is 11.0. The van der Waals surface area contributed by atoms with E-state index < -0.39 is 0 Å². The van der Waals surface area contributed by atoms with E-state index in [4.69, 9.17) is 4.74 Å². The van der Waals surface area contributed by atoms with Crippen molar-refractivity contribution in [2.24, 2.45) is 11.8 Å². The van der Waals surface area contributed by atoms with Crippen LogP contribution in [0.5, 0.6) is 5.88 Å². The van der Waals surface area contributed by atoms with Crippen molar-refractivity contribution in [3.05, 3.63) is 11.9 Å². The molecule has 1 aliphatic carbocycles. The number of anilines is 1. The molecule has 1 heterocycles. The van der Waals surface area contributed by atoms with Gasteiger partial charge in [-0.2, -0.15) is 4.98 Å². The van der Waals surface area contributed by atoms with Crippen LogP contribution in [-0.2, 0) is 5.41 Å². The summed E-state index contributed by atoms with van der Waals surface area (Å²) in [7, 11) is 1.88. The van der Waals surface area contributed by atoms with E-state index in [1.54, 1.807) is 0 Å². The third-order valence-corrected chi connectivity index (χ3v) is 4.47. The topological polar surface area (TPSA) is 47.0 Å². The fraction of sp³-hybridized carbons (Fsp3) is 0.765. The van der Waals surface area contributed by atoms with Gasteiger partial charge in [-0.1, -0.05) is 34.6 Å². The monoisotopic (exact) mass is 291 g/mol. The number of rotatable bonds is 3. The minimum atomic E-state index is -0.0840. The first-order valence-electron chi connectivity index (χ1n) is 8.03. The van der Waals surface area contributed by atoms with Crippen LogP contribution in [0, 0.1) is 11.8 Å². The van der Waals surface area contributed by atoms with Gasteiger partial charge in [0.25, 0.3) is 0 Å². The van der Waals surface area contributed by atoms with Crippen LogP contribution in [0.1, 0.15) is 59.7 Å². The molecule has 1 N–H and O–H groups in total. The molecule has 1 aromatic heterocycles. The van der Waals surface area contributed by atoms with E-state index in [1.807, 2.05) is 13.1 Å². The van der Waals surface area contributed by atoms with Crippen molar-refractivity contribution in [2.75, 3.05) is 12.4 Å². The van der Waals surface area contributed by atoms with Crippen molar-refractivity contribution in [1.82, 2.24) is 9.97 Å². The van der Waals surface area contributed by atoms with Gasteiger partial charge in [0.2, 0.25) is 5.88 Å². The summed E-state index contributed by atoms with van der Waals surface area (Å²) in [6, 6.07) is 1.90. The normalized spacial score (nSPS) is 26.5. The molecule has 118 valence electrons. The molecule has 1 fully saturated rings. The molecule has 2 rings (SSSR count). The lowest BCUT2D eigenvalue weighted by atomic mass is 9.80. The molecule has 21 heavy (non-hydrogen) atoms. The minimum Gasteiger partial charge on any atom is -0.474 e. The average molecular weight is 291 g/mol. The molecule has 0 radical (unpaired) electrons. The molecule has 0 spiro atoms. The van der Waals surface area contributed by atoms with Crippen LogP contribution >= 0.6 is 0 Å². The first kappa shape index (κ1) is 16.1. The molecule has 3 atom stereocenters. The predicted octanol–water partition coefficient (Wildman–Crippen LogP) is 4.02. The van der Waals surface area contributed by atoms with E-state index in [9.17, 15) is 0 Å². The third kappa shape index (κ3) is 4.08. The largest absolute Gasteiger partial charge is 0.474 e. The van der Waals surface area contributed by atoms with Gasteiger partial charge in [-0.15, -0.1) is 0 Å². The van der Waals surface area contributed by atoms with Crippen LogP contribution < -0.4 is 10.1 Å². The van der Waals surface area contributed by atoms with Gasteiger partial charge in [0, 0.05) is 18.5 Å². The Morgan fingerprint density at radius 1 is 1.14 bits per heavy atom. The van der Waals surface area contributed by atoms with Gasteiger partial charge in [0.1, 0.15) is 17.7 Å². The Kier molecular flexibility index (Phi) is 4.74. The SMILES string of the molecule is CNc1cc(OC2CCC(C)C(C)C2)nc(C(C)(C)C)n1. The summed E-state index contributed by atoms with van der Waals surface area (Å²) in [5.74, 6) is 3.86. The Labute approximate surface area is 128 Å². The van der Waals surface area contributed by atoms with Crippen molar-refractivity contribution in [3.8, 4) is 5.88 Å². The Hall–Kier alpha value is -1.32. The second-order valence-corrected chi connectivity index (χ2v) is 7.42. The first-order chi connectivity index (χ1) is 9.79.